The number of nitrogens with zero attached hydrogens (tertiary/aromatic N) is 4. The van der Waals surface area contributed by atoms with Crippen molar-refractivity contribution in [1.29, 1.82) is 0 Å². The van der Waals surface area contributed by atoms with Gasteiger partial charge in [-0.2, -0.15) is 19.6 Å². The Hall–Kier alpha value is -2.75. The van der Waals surface area contributed by atoms with Crippen LogP contribution in [-0.2, 0) is 9.84 Å². The molecular formula is C18H22FN5O3S. The predicted molar refractivity (Wildman–Crippen MR) is 103 cm³/mol. The Balaban J connectivity index is 2.12. The minimum Gasteiger partial charge on any atom is -0.496 e. The topological polar surface area (TPSA) is 98.5 Å². The zero-order valence-electron chi connectivity index (χ0n) is 16.3. The van der Waals surface area contributed by atoms with E-state index in [9.17, 15) is 12.8 Å². The Morgan fingerprint density at radius 2 is 1.89 bits per heavy atom. The SMILES string of the molecule is COc1cc(F)ccc1C(C)Nc1nc(S(C)(=O)=O)nc2c(C(C)C)cnn12. The number of anilines is 1. The van der Waals surface area contributed by atoms with E-state index in [0.29, 0.717) is 17.0 Å². The highest BCUT2D eigenvalue weighted by molar-refractivity contribution is 7.90. The molecule has 1 unspecified atom stereocenters. The molecule has 8 nitrogen and oxygen atoms in total. The number of benzene rings is 1. The van der Waals surface area contributed by atoms with Crippen molar-refractivity contribution in [3.8, 4) is 5.75 Å². The van der Waals surface area contributed by atoms with Crippen LogP contribution in [0.1, 0.15) is 43.9 Å². The summed E-state index contributed by atoms with van der Waals surface area (Å²) in [4.78, 5) is 8.36. The molecule has 28 heavy (non-hydrogen) atoms. The summed E-state index contributed by atoms with van der Waals surface area (Å²) in [6, 6.07) is 3.85. The summed E-state index contributed by atoms with van der Waals surface area (Å²) in [6.07, 6.45) is 2.70. The second kappa shape index (κ2) is 7.34. The third kappa shape index (κ3) is 3.77. The maximum absolute atomic E-state index is 13.5. The Bertz CT molecular complexity index is 1130. The summed E-state index contributed by atoms with van der Waals surface area (Å²) >= 11 is 0. The molecule has 0 bridgehead atoms. The molecule has 0 aliphatic carbocycles. The van der Waals surface area contributed by atoms with Gasteiger partial charge < -0.3 is 10.1 Å². The molecule has 0 fully saturated rings. The van der Waals surface area contributed by atoms with Crippen LogP contribution < -0.4 is 10.1 Å². The number of ether oxygens (including phenoxy) is 1. The lowest BCUT2D eigenvalue weighted by atomic mass is 10.1. The number of rotatable bonds is 6. The number of halogens is 1. The first-order valence-corrected chi connectivity index (χ1v) is 10.6. The van der Waals surface area contributed by atoms with Gasteiger partial charge in [-0.1, -0.05) is 19.9 Å². The maximum atomic E-state index is 13.5. The van der Waals surface area contributed by atoms with E-state index >= 15 is 0 Å². The summed E-state index contributed by atoms with van der Waals surface area (Å²) in [5.41, 5.74) is 1.92. The van der Waals surface area contributed by atoms with Crippen LogP contribution in [0.5, 0.6) is 5.75 Å². The Morgan fingerprint density at radius 1 is 1.18 bits per heavy atom. The molecule has 0 spiro atoms. The molecule has 2 aromatic heterocycles. The predicted octanol–water partition coefficient (Wildman–Crippen LogP) is 2.97. The van der Waals surface area contributed by atoms with E-state index in [0.717, 1.165) is 11.8 Å². The van der Waals surface area contributed by atoms with Crippen molar-refractivity contribution >= 4 is 21.4 Å². The maximum Gasteiger partial charge on any atom is 0.252 e. The lowest BCUT2D eigenvalue weighted by Gasteiger charge is -2.18. The van der Waals surface area contributed by atoms with E-state index in [1.165, 1.54) is 23.8 Å². The van der Waals surface area contributed by atoms with Gasteiger partial charge in [-0.15, -0.1) is 0 Å². The lowest BCUT2D eigenvalue weighted by molar-refractivity contribution is 0.404. The van der Waals surface area contributed by atoms with Gasteiger partial charge in [0.15, 0.2) is 5.65 Å². The van der Waals surface area contributed by atoms with E-state index in [2.05, 4.69) is 20.4 Å². The fourth-order valence-electron chi connectivity index (χ4n) is 2.86. The van der Waals surface area contributed by atoms with E-state index in [4.69, 9.17) is 4.74 Å². The van der Waals surface area contributed by atoms with Crippen LogP contribution in [0.4, 0.5) is 10.3 Å². The van der Waals surface area contributed by atoms with Gasteiger partial charge in [-0.05, 0) is 18.9 Å². The van der Waals surface area contributed by atoms with Gasteiger partial charge in [0.1, 0.15) is 11.6 Å². The van der Waals surface area contributed by atoms with Crippen LogP contribution in [-0.4, -0.2) is 41.4 Å². The van der Waals surface area contributed by atoms with Crippen LogP contribution in [0.25, 0.3) is 5.65 Å². The van der Waals surface area contributed by atoms with Crippen LogP contribution in [0, 0.1) is 5.82 Å². The van der Waals surface area contributed by atoms with Crippen LogP contribution in [0.3, 0.4) is 0 Å². The average Bonchev–Trinajstić information content (AvgIpc) is 3.05. The number of aromatic nitrogens is 4. The zero-order valence-corrected chi connectivity index (χ0v) is 17.1. The van der Waals surface area contributed by atoms with Crippen molar-refractivity contribution < 1.29 is 17.5 Å². The standard InChI is InChI=1S/C18H22FN5O3S/c1-10(2)14-9-20-24-16(14)22-18(28(5,25)26)23-17(24)21-11(3)13-7-6-12(19)8-15(13)27-4/h6-11H,1-5H3,(H,21,22,23). The number of nitrogens with one attached hydrogen (secondary N) is 1. The first-order chi connectivity index (χ1) is 13.1. The van der Waals surface area contributed by atoms with Crippen molar-refractivity contribution in [2.75, 3.05) is 18.7 Å². The molecule has 0 saturated heterocycles. The molecule has 0 aliphatic rings. The van der Waals surface area contributed by atoms with E-state index in [1.807, 2.05) is 20.8 Å². The normalized spacial score (nSPS) is 13.1. The van der Waals surface area contributed by atoms with Crippen molar-refractivity contribution in [1.82, 2.24) is 19.6 Å². The highest BCUT2D eigenvalue weighted by atomic mass is 32.2. The molecule has 150 valence electrons. The fraction of sp³-hybridized carbons (Fsp3) is 0.389. The summed E-state index contributed by atoms with van der Waals surface area (Å²) < 4.78 is 44.4. The minimum absolute atomic E-state index is 0.0993. The molecule has 1 aromatic carbocycles. The second-order valence-electron chi connectivity index (χ2n) is 6.84. The molecule has 0 amide bonds. The van der Waals surface area contributed by atoms with Crippen molar-refractivity contribution in [2.24, 2.45) is 0 Å². The van der Waals surface area contributed by atoms with E-state index < -0.39 is 15.7 Å². The van der Waals surface area contributed by atoms with Crippen LogP contribution in [0.15, 0.2) is 29.6 Å². The number of hydrogen-bond acceptors (Lipinski definition) is 7. The molecule has 2 heterocycles. The monoisotopic (exact) mass is 407 g/mol. The summed E-state index contributed by atoms with van der Waals surface area (Å²) in [6.45, 7) is 5.77. The molecule has 0 aliphatic heterocycles. The van der Waals surface area contributed by atoms with Crippen LogP contribution in [0.2, 0.25) is 0 Å². The van der Waals surface area contributed by atoms with Crippen molar-refractivity contribution in [2.45, 2.75) is 37.9 Å². The van der Waals surface area contributed by atoms with Gasteiger partial charge in [0.25, 0.3) is 5.16 Å². The molecule has 0 saturated carbocycles. The van der Waals surface area contributed by atoms with Gasteiger partial charge >= 0.3 is 0 Å². The molecular weight excluding hydrogens is 385 g/mol. The van der Waals surface area contributed by atoms with E-state index in [1.54, 1.807) is 12.3 Å². The number of hydrogen-bond donors (Lipinski definition) is 1. The second-order valence-corrected chi connectivity index (χ2v) is 8.75. The van der Waals surface area contributed by atoms with Crippen LogP contribution >= 0.6 is 0 Å². The molecule has 10 heteroatoms. The molecule has 1 atom stereocenters. The number of sulfone groups is 1. The molecule has 0 radical (unpaired) electrons. The number of methoxy groups -OCH3 is 1. The van der Waals surface area contributed by atoms with Crippen molar-refractivity contribution in [3.63, 3.8) is 0 Å². The third-order valence-electron chi connectivity index (χ3n) is 4.34. The number of fused-ring (bicyclic) bond motifs is 1. The molecule has 1 N–H and O–H groups in total. The lowest BCUT2D eigenvalue weighted by Crippen LogP contribution is -2.16. The van der Waals surface area contributed by atoms with Gasteiger partial charge in [-0.3, -0.25) is 0 Å². The fourth-order valence-corrected chi connectivity index (χ4v) is 3.36. The van der Waals surface area contributed by atoms with Gasteiger partial charge in [0.05, 0.1) is 19.3 Å². The smallest absolute Gasteiger partial charge is 0.252 e. The van der Waals surface area contributed by atoms with Gasteiger partial charge in [0.2, 0.25) is 15.8 Å². The quantitative estimate of drug-likeness (QED) is 0.671. The first kappa shape index (κ1) is 20.0. The third-order valence-corrected chi connectivity index (χ3v) is 5.18. The minimum atomic E-state index is -3.63. The first-order valence-electron chi connectivity index (χ1n) is 8.67. The van der Waals surface area contributed by atoms with E-state index in [-0.39, 0.29) is 23.1 Å². The van der Waals surface area contributed by atoms with Gasteiger partial charge in [0, 0.05) is 23.4 Å². The average molecular weight is 407 g/mol. The summed E-state index contributed by atoms with van der Waals surface area (Å²) in [5.74, 6) is 0.278. The zero-order chi connectivity index (χ0) is 20.6. The molecule has 3 rings (SSSR count). The highest BCUT2D eigenvalue weighted by Gasteiger charge is 2.22. The Labute approximate surface area is 162 Å². The highest BCUT2D eigenvalue weighted by Crippen LogP contribution is 2.29. The Morgan fingerprint density at radius 3 is 2.50 bits per heavy atom. The summed E-state index contributed by atoms with van der Waals surface area (Å²) in [5, 5.41) is 7.16. The van der Waals surface area contributed by atoms with Gasteiger partial charge in [-0.25, -0.2) is 12.8 Å². The summed E-state index contributed by atoms with van der Waals surface area (Å²) in [7, 11) is -2.18. The van der Waals surface area contributed by atoms with Crippen molar-refractivity contribution in [3.05, 3.63) is 41.3 Å². The Kier molecular flexibility index (Phi) is 5.24. The molecule has 3 aromatic rings. The largest absolute Gasteiger partial charge is 0.496 e.